The zero-order valence-electron chi connectivity index (χ0n) is 12.9. The van der Waals surface area contributed by atoms with E-state index >= 15 is 0 Å². The molecule has 1 amide bonds. The number of halogens is 5. The van der Waals surface area contributed by atoms with Crippen LogP contribution in [0.2, 0.25) is 0 Å². The fraction of sp³-hybridized carbons (Fsp3) is 0.467. The third kappa shape index (κ3) is 3.83. The summed E-state index contributed by atoms with van der Waals surface area (Å²) in [5.41, 5.74) is 0.130. The highest BCUT2D eigenvalue weighted by Crippen LogP contribution is 2.43. The number of alkyl halides is 5. The molecule has 10 heteroatoms. The van der Waals surface area contributed by atoms with Crippen molar-refractivity contribution in [3.63, 3.8) is 0 Å². The van der Waals surface area contributed by atoms with Crippen molar-refractivity contribution in [1.82, 2.24) is 4.90 Å². The maximum atomic E-state index is 13.8. The maximum absolute atomic E-state index is 13.8. The van der Waals surface area contributed by atoms with Crippen molar-refractivity contribution < 1.29 is 41.4 Å². The number of ether oxygens (including phenoxy) is 1. The summed E-state index contributed by atoms with van der Waals surface area (Å²) in [6.07, 6.45) is -6.86. The molecule has 5 nitrogen and oxygen atoms in total. The summed E-state index contributed by atoms with van der Waals surface area (Å²) in [5, 5.41) is 8.95. The topological polar surface area (TPSA) is 66.8 Å². The Balaban J connectivity index is 2.43. The average molecular weight is 367 g/mol. The Morgan fingerprint density at radius 2 is 1.88 bits per heavy atom. The molecule has 1 heterocycles. The Morgan fingerprint density at radius 1 is 1.32 bits per heavy atom. The van der Waals surface area contributed by atoms with E-state index in [1.165, 1.54) is 31.4 Å². The van der Waals surface area contributed by atoms with Crippen LogP contribution in [0, 0.1) is 5.92 Å². The van der Waals surface area contributed by atoms with Gasteiger partial charge in [-0.25, -0.2) is 0 Å². The quantitative estimate of drug-likeness (QED) is 0.831. The molecule has 2 atom stereocenters. The van der Waals surface area contributed by atoms with E-state index in [0.717, 1.165) is 0 Å². The molecule has 1 N–H and O–H groups in total. The summed E-state index contributed by atoms with van der Waals surface area (Å²) in [6, 6.07) is 2.56. The minimum absolute atomic E-state index is 0.107. The highest BCUT2D eigenvalue weighted by Gasteiger charge is 2.62. The second-order valence-corrected chi connectivity index (χ2v) is 5.62. The third-order valence-electron chi connectivity index (χ3n) is 3.93. The molecular formula is C15H14F5NO4. The first kappa shape index (κ1) is 18.9. The van der Waals surface area contributed by atoms with Gasteiger partial charge in [0.15, 0.2) is 0 Å². The lowest BCUT2D eigenvalue weighted by Crippen LogP contribution is -2.63. The van der Waals surface area contributed by atoms with Crippen LogP contribution in [0.5, 0.6) is 5.75 Å². The van der Waals surface area contributed by atoms with Crippen molar-refractivity contribution in [2.75, 3.05) is 7.11 Å². The van der Waals surface area contributed by atoms with Crippen molar-refractivity contribution in [2.24, 2.45) is 5.92 Å². The molecule has 1 aliphatic heterocycles. The number of rotatable bonds is 4. The van der Waals surface area contributed by atoms with Gasteiger partial charge in [0.2, 0.25) is 0 Å². The molecule has 0 aliphatic carbocycles. The SMILES string of the molecule is COc1ccc(CN2C(=O)C(F)(F)CC(C(=O)O)C2C(F)(F)F)cc1. The predicted octanol–water partition coefficient (Wildman–Crippen LogP) is 2.69. The van der Waals surface area contributed by atoms with Crippen molar-refractivity contribution in [1.29, 1.82) is 0 Å². The minimum atomic E-state index is -5.16. The Bertz CT molecular complexity index is 659. The number of amides is 1. The lowest BCUT2D eigenvalue weighted by atomic mass is 9.85. The molecule has 25 heavy (non-hydrogen) atoms. The van der Waals surface area contributed by atoms with Crippen LogP contribution in [0.15, 0.2) is 24.3 Å². The molecule has 2 rings (SSSR count). The van der Waals surface area contributed by atoms with E-state index in [1.807, 2.05) is 0 Å². The van der Waals surface area contributed by atoms with Gasteiger partial charge in [-0.1, -0.05) is 12.1 Å². The smallest absolute Gasteiger partial charge is 0.409 e. The van der Waals surface area contributed by atoms with E-state index in [0.29, 0.717) is 5.75 Å². The van der Waals surface area contributed by atoms with Gasteiger partial charge < -0.3 is 14.7 Å². The van der Waals surface area contributed by atoms with Gasteiger partial charge in [-0.05, 0) is 17.7 Å². The summed E-state index contributed by atoms with van der Waals surface area (Å²) in [6.45, 7) is -0.799. The van der Waals surface area contributed by atoms with Crippen LogP contribution in [0.3, 0.4) is 0 Å². The fourth-order valence-electron chi connectivity index (χ4n) is 2.75. The Labute approximate surface area is 139 Å². The number of benzene rings is 1. The van der Waals surface area contributed by atoms with E-state index in [4.69, 9.17) is 9.84 Å². The highest BCUT2D eigenvalue weighted by atomic mass is 19.4. The Morgan fingerprint density at radius 3 is 2.32 bits per heavy atom. The first-order valence-corrected chi connectivity index (χ1v) is 7.08. The molecule has 0 radical (unpaired) electrons. The van der Waals surface area contributed by atoms with E-state index in [1.54, 1.807) is 0 Å². The van der Waals surface area contributed by atoms with Crippen molar-refractivity contribution in [3.05, 3.63) is 29.8 Å². The number of nitrogens with zero attached hydrogens (tertiary/aromatic N) is 1. The summed E-state index contributed by atoms with van der Waals surface area (Å²) < 4.78 is 72.5. The van der Waals surface area contributed by atoms with Crippen LogP contribution in [0.1, 0.15) is 12.0 Å². The number of likely N-dealkylation sites (tertiary alicyclic amines) is 1. The van der Waals surface area contributed by atoms with Crippen LogP contribution < -0.4 is 4.74 Å². The number of hydrogen-bond acceptors (Lipinski definition) is 3. The van der Waals surface area contributed by atoms with Crippen molar-refractivity contribution >= 4 is 11.9 Å². The number of carbonyl (C=O) groups is 2. The van der Waals surface area contributed by atoms with E-state index in [-0.39, 0.29) is 10.5 Å². The number of carboxylic acids is 1. The lowest BCUT2D eigenvalue weighted by Gasteiger charge is -2.43. The summed E-state index contributed by atoms with van der Waals surface area (Å²) in [5.74, 6) is -10.3. The second kappa shape index (κ2) is 6.49. The molecule has 2 unspecified atom stereocenters. The van der Waals surface area contributed by atoms with Crippen LogP contribution >= 0.6 is 0 Å². The zero-order valence-corrected chi connectivity index (χ0v) is 12.9. The molecule has 1 aromatic rings. The van der Waals surface area contributed by atoms with E-state index in [2.05, 4.69) is 0 Å². The van der Waals surface area contributed by atoms with Crippen LogP contribution in [-0.4, -0.2) is 47.1 Å². The lowest BCUT2D eigenvalue weighted by molar-refractivity contribution is -0.233. The molecule has 138 valence electrons. The van der Waals surface area contributed by atoms with Gasteiger partial charge in [-0.15, -0.1) is 0 Å². The second-order valence-electron chi connectivity index (χ2n) is 5.62. The number of carboxylic acid groups (broad SMARTS) is 1. The molecule has 1 saturated heterocycles. The van der Waals surface area contributed by atoms with Gasteiger partial charge in [0, 0.05) is 13.0 Å². The molecule has 0 aromatic heterocycles. The number of carbonyl (C=O) groups excluding carboxylic acids is 1. The molecule has 1 fully saturated rings. The van der Waals surface area contributed by atoms with Gasteiger partial charge in [0.05, 0.1) is 13.0 Å². The van der Waals surface area contributed by atoms with Crippen molar-refractivity contribution in [2.45, 2.75) is 31.1 Å². The standard InChI is InChI=1S/C15H14F5NO4/c1-25-9-4-2-8(3-5-9)7-21-11(15(18,19)20)10(12(22)23)6-14(16,17)13(21)24/h2-5,10-11H,6-7H2,1H3,(H,22,23). The van der Waals surface area contributed by atoms with E-state index in [9.17, 15) is 31.5 Å². The third-order valence-corrected chi connectivity index (χ3v) is 3.93. The first-order chi connectivity index (χ1) is 11.5. The molecule has 0 bridgehead atoms. The van der Waals surface area contributed by atoms with Gasteiger partial charge in [0.25, 0.3) is 5.91 Å². The largest absolute Gasteiger partial charge is 0.497 e. The van der Waals surface area contributed by atoms with E-state index < -0.39 is 48.9 Å². The number of aliphatic carboxylic acids is 1. The normalized spacial score (nSPS) is 23.4. The van der Waals surface area contributed by atoms with Crippen molar-refractivity contribution in [3.8, 4) is 5.75 Å². The van der Waals surface area contributed by atoms with Crippen LogP contribution in [0.4, 0.5) is 22.0 Å². The fourth-order valence-corrected chi connectivity index (χ4v) is 2.75. The highest BCUT2D eigenvalue weighted by molar-refractivity contribution is 5.87. The maximum Gasteiger partial charge on any atom is 0.409 e. The van der Waals surface area contributed by atoms with Gasteiger partial charge >= 0.3 is 18.1 Å². The number of hydrogen-bond donors (Lipinski definition) is 1. The number of methoxy groups -OCH3 is 1. The van der Waals surface area contributed by atoms with Gasteiger partial charge in [-0.3, -0.25) is 9.59 Å². The van der Waals surface area contributed by atoms with Gasteiger partial charge in [-0.2, -0.15) is 22.0 Å². The molecule has 0 saturated carbocycles. The summed E-state index contributed by atoms with van der Waals surface area (Å²) in [7, 11) is 1.36. The zero-order chi connectivity index (χ0) is 19.0. The van der Waals surface area contributed by atoms with Crippen LogP contribution in [0.25, 0.3) is 0 Å². The number of piperidine rings is 1. The Kier molecular flexibility index (Phi) is 4.92. The Hall–Kier alpha value is -2.39. The molecule has 0 spiro atoms. The predicted molar refractivity (Wildman–Crippen MR) is 74.1 cm³/mol. The monoisotopic (exact) mass is 367 g/mol. The molecule has 1 aromatic carbocycles. The minimum Gasteiger partial charge on any atom is -0.497 e. The average Bonchev–Trinajstić information content (AvgIpc) is 2.50. The first-order valence-electron chi connectivity index (χ1n) is 7.08. The molecular weight excluding hydrogens is 353 g/mol. The summed E-state index contributed by atoms with van der Waals surface area (Å²) in [4.78, 5) is 22.9. The molecule has 1 aliphatic rings. The summed E-state index contributed by atoms with van der Waals surface area (Å²) >= 11 is 0. The van der Waals surface area contributed by atoms with Crippen LogP contribution in [-0.2, 0) is 16.1 Å². The van der Waals surface area contributed by atoms with Gasteiger partial charge in [0.1, 0.15) is 11.8 Å².